The number of non-ortho nitro benzene ring substituents is 1. The first-order valence-electron chi connectivity index (χ1n) is 7.98. The summed E-state index contributed by atoms with van der Waals surface area (Å²) in [7, 11) is 1.27. The lowest BCUT2D eigenvalue weighted by atomic mass is 9.71. The van der Waals surface area contributed by atoms with Crippen molar-refractivity contribution in [3.8, 4) is 0 Å². The maximum atomic E-state index is 12.6. The van der Waals surface area contributed by atoms with E-state index in [0.717, 1.165) is 12.1 Å². The number of allylic oxidation sites excluding steroid dienone is 2. The van der Waals surface area contributed by atoms with E-state index < -0.39 is 22.7 Å². The third kappa shape index (κ3) is 2.93. The number of methoxy groups -OCH3 is 1. The molecule has 3 rings (SSSR count). The molecule has 1 heterocycles. The zero-order valence-electron chi connectivity index (χ0n) is 13.8. The van der Waals surface area contributed by atoms with Crippen LogP contribution in [0.25, 0.3) is 0 Å². The molecule has 0 amide bonds. The fourth-order valence-electron chi connectivity index (χ4n) is 3.59. The molecule has 1 N–H and O–H groups in total. The van der Waals surface area contributed by atoms with E-state index in [9.17, 15) is 19.7 Å². The van der Waals surface area contributed by atoms with Crippen LogP contribution in [0.15, 0.2) is 47.8 Å². The van der Waals surface area contributed by atoms with Crippen LogP contribution in [0.4, 0.5) is 5.69 Å². The highest BCUT2D eigenvalue weighted by molar-refractivity contribution is 6.00. The predicted octanol–water partition coefficient (Wildman–Crippen LogP) is 2.59. The van der Waals surface area contributed by atoms with E-state index in [1.54, 1.807) is 12.1 Å². The van der Waals surface area contributed by atoms with Gasteiger partial charge in [0.05, 0.1) is 12.0 Å². The number of nitro groups is 1. The average Bonchev–Trinajstić information content (AvgIpc) is 2.60. The van der Waals surface area contributed by atoms with Crippen molar-refractivity contribution in [2.24, 2.45) is 5.92 Å². The number of carbonyl (C=O) groups is 2. The average molecular weight is 342 g/mol. The third-order valence-corrected chi connectivity index (χ3v) is 4.68. The highest BCUT2D eigenvalue weighted by Crippen LogP contribution is 2.44. The number of benzene rings is 1. The molecule has 0 radical (unpaired) electrons. The number of nitrogens with one attached hydrogen (secondary N) is 1. The maximum Gasteiger partial charge on any atom is 0.315 e. The first-order valence-corrected chi connectivity index (χ1v) is 7.98. The van der Waals surface area contributed by atoms with Gasteiger partial charge in [-0.15, -0.1) is 0 Å². The van der Waals surface area contributed by atoms with Crippen molar-refractivity contribution in [2.45, 2.75) is 25.2 Å². The summed E-state index contributed by atoms with van der Waals surface area (Å²) < 4.78 is 4.90. The molecule has 1 aromatic rings. The van der Waals surface area contributed by atoms with Gasteiger partial charge in [-0.1, -0.05) is 18.7 Å². The van der Waals surface area contributed by atoms with Crippen molar-refractivity contribution in [2.75, 3.05) is 7.11 Å². The van der Waals surface area contributed by atoms with Gasteiger partial charge in [0, 0.05) is 41.4 Å². The van der Waals surface area contributed by atoms with E-state index >= 15 is 0 Å². The smallest absolute Gasteiger partial charge is 0.315 e. The number of hydrogen-bond donors (Lipinski definition) is 1. The Morgan fingerprint density at radius 3 is 2.84 bits per heavy atom. The Balaban J connectivity index is 2.19. The second kappa shape index (κ2) is 6.51. The van der Waals surface area contributed by atoms with Crippen LogP contribution >= 0.6 is 0 Å². The minimum absolute atomic E-state index is 0.0494. The van der Waals surface area contributed by atoms with E-state index in [2.05, 4.69) is 11.9 Å². The van der Waals surface area contributed by atoms with Crippen molar-refractivity contribution >= 4 is 17.4 Å². The molecule has 7 heteroatoms. The van der Waals surface area contributed by atoms with Gasteiger partial charge in [0.25, 0.3) is 5.69 Å². The zero-order chi connectivity index (χ0) is 18.1. The zero-order valence-corrected chi connectivity index (χ0v) is 13.8. The number of Topliss-reactive ketones (excluding diaryl/α,β-unsaturated/α-hetero) is 1. The lowest BCUT2D eigenvalue weighted by Crippen LogP contribution is -2.40. The lowest BCUT2D eigenvalue weighted by Gasteiger charge is -2.37. The maximum absolute atomic E-state index is 12.6. The summed E-state index contributed by atoms with van der Waals surface area (Å²) in [6.07, 6.45) is 1.80. The van der Waals surface area contributed by atoms with Gasteiger partial charge >= 0.3 is 5.97 Å². The molecule has 0 bridgehead atoms. The minimum atomic E-state index is -0.812. The van der Waals surface area contributed by atoms with Crippen LogP contribution in [0.3, 0.4) is 0 Å². The molecule has 0 saturated carbocycles. The Morgan fingerprint density at radius 2 is 2.16 bits per heavy atom. The molecule has 0 saturated heterocycles. The lowest BCUT2D eigenvalue weighted by molar-refractivity contribution is -0.384. The first-order chi connectivity index (χ1) is 11.9. The van der Waals surface area contributed by atoms with Crippen molar-refractivity contribution in [3.05, 3.63) is 63.5 Å². The number of rotatable bonds is 3. The van der Waals surface area contributed by atoms with Gasteiger partial charge in [0.15, 0.2) is 5.78 Å². The quantitative estimate of drug-likeness (QED) is 0.515. The molecule has 1 aliphatic carbocycles. The summed E-state index contributed by atoms with van der Waals surface area (Å²) in [5, 5.41) is 14.2. The summed E-state index contributed by atoms with van der Waals surface area (Å²) in [4.78, 5) is 35.6. The van der Waals surface area contributed by atoms with Crippen LogP contribution in [-0.4, -0.2) is 23.8 Å². The Hall–Kier alpha value is -2.96. The Labute approximate surface area is 144 Å². The number of esters is 1. The van der Waals surface area contributed by atoms with Gasteiger partial charge in [-0.05, 0) is 18.4 Å². The van der Waals surface area contributed by atoms with Gasteiger partial charge in [0.1, 0.15) is 5.92 Å². The van der Waals surface area contributed by atoms with Gasteiger partial charge in [-0.2, -0.15) is 0 Å². The number of hydrogen-bond acceptors (Lipinski definition) is 6. The monoisotopic (exact) mass is 342 g/mol. The molecule has 0 fully saturated rings. The summed E-state index contributed by atoms with van der Waals surface area (Å²) >= 11 is 0. The second-order valence-corrected chi connectivity index (χ2v) is 6.15. The van der Waals surface area contributed by atoms with Crippen LogP contribution in [0, 0.1) is 16.0 Å². The molecule has 0 aromatic heterocycles. The number of nitrogens with zero attached hydrogens (tertiary/aromatic N) is 1. The topological polar surface area (TPSA) is 98.5 Å². The molecular formula is C18H18N2O5. The predicted molar refractivity (Wildman–Crippen MR) is 89.5 cm³/mol. The largest absolute Gasteiger partial charge is 0.468 e. The standard InChI is InChI=1S/C18H18N2O5/c1-10-15(18(22)25-2)16(11-5-3-6-12(9-11)20(23)24)17-13(19-10)7-4-8-14(17)21/h3,5-6,9,15-16,19H,1,4,7-8H2,2H3. The number of ether oxygens (including phenoxy) is 1. The van der Waals surface area contributed by atoms with E-state index in [-0.39, 0.29) is 11.5 Å². The highest BCUT2D eigenvalue weighted by Gasteiger charge is 2.43. The van der Waals surface area contributed by atoms with Crippen LogP contribution in [0.5, 0.6) is 0 Å². The molecular weight excluding hydrogens is 324 g/mol. The normalized spacial score (nSPS) is 22.9. The van der Waals surface area contributed by atoms with E-state index in [1.807, 2.05) is 0 Å². The molecule has 25 heavy (non-hydrogen) atoms. The summed E-state index contributed by atoms with van der Waals surface area (Å²) in [6.45, 7) is 3.92. The number of ketones is 1. The molecule has 2 unspecified atom stereocenters. The highest BCUT2D eigenvalue weighted by atomic mass is 16.6. The van der Waals surface area contributed by atoms with E-state index in [1.165, 1.54) is 19.2 Å². The fourth-order valence-corrected chi connectivity index (χ4v) is 3.59. The van der Waals surface area contributed by atoms with Crippen molar-refractivity contribution in [3.63, 3.8) is 0 Å². The van der Waals surface area contributed by atoms with Crippen molar-refractivity contribution in [1.29, 1.82) is 0 Å². The van der Waals surface area contributed by atoms with Gasteiger partial charge < -0.3 is 10.1 Å². The van der Waals surface area contributed by atoms with Crippen LogP contribution < -0.4 is 5.32 Å². The Kier molecular flexibility index (Phi) is 4.39. The number of nitro benzene ring substituents is 1. The van der Waals surface area contributed by atoms with Crippen molar-refractivity contribution in [1.82, 2.24) is 5.32 Å². The molecule has 0 spiro atoms. The number of carbonyl (C=O) groups excluding carboxylic acids is 2. The van der Waals surface area contributed by atoms with Crippen LogP contribution in [-0.2, 0) is 14.3 Å². The summed E-state index contributed by atoms with van der Waals surface area (Å²) in [5.41, 5.74) is 2.15. The minimum Gasteiger partial charge on any atom is -0.468 e. The second-order valence-electron chi connectivity index (χ2n) is 6.15. The van der Waals surface area contributed by atoms with E-state index in [4.69, 9.17) is 4.74 Å². The SMILES string of the molecule is C=C1NC2=C(C(=O)CCC2)C(c2cccc([N+](=O)[O-])c2)C1C(=O)OC. The first kappa shape index (κ1) is 16.9. The molecule has 2 aliphatic rings. The molecule has 2 atom stereocenters. The van der Waals surface area contributed by atoms with Crippen molar-refractivity contribution < 1.29 is 19.2 Å². The molecule has 130 valence electrons. The molecule has 7 nitrogen and oxygen atoms in total. The Bertz CT molecular complexity index is 811. The van der Waals surface area contributed by atoms with Gasteiger partial charge in [0.2, 0.25) is 0 Å². The van der Waals surface area contributed by atoms with Gasteiger partial charge in [-0.25, -0.2) is 0 Å². The van der Waals surface area contributed by atoms with Crippen LogP contribution in [0.2, 0.25) is 0 Å². The summed E-state index contributed by atoms with van der Waals surface area (Å²) in [6, 6.07) is 6.04. The Morgan fingerprint density at radius 1 is 1.40 bits per heavy atom. The third-order valence-electron chi connectivity index (χ3n) is 4.68. The van der Waals surface area contributed by atoms with E-state index in [0.29, 0.717) is 29.7 Å². The fraction of sp³-hybridized carbons (Fsp3) is 0.333. The molecule has 1 aromatic carbocycles. The summed E-state index contributed by atoms with van der Waals surface area (Å²) in [5.74, 6) is -2.03. The van der Waals surface area contributed by atoms with Crippen LogP contribution in [0.1, 0.15) is 30.7 Å². The van der Waals surface area contributed by atoms with Gasteiger partial charge in [-0.3, -0.25) is 19.7 Å². The molecule has 1 aliphatic heterocycles.